The van der Waals surface area contributed by atoms with Gasteiger partial charge in [-0.25, -0.2) is 9.67 Å². The highest BCUT2D eigenvalue weighted by Gasteiger charge is 2.20. The predicted octanol–water partition coefficient (Wildman–Crippen LogP) is 1.51. The van der Waals surface area contributed by atoms with Crippen LogP contribution in [0.5, 0.6) is 5.75 Å². The molecule has 2 atom stereocenters. The van der Waals surface area contributed by atoms with Crippen LogP contribution in [0.3, 0.4) is 0 Å². The van der Waals surface area contributed by atoms with E-state index in [4.69, 9.17) is 4.74 Å². The number of ether oxygens (including phenoxy) is 1. The van der Waals surface area contributed by atoms with Gasteiger partial charge in [0.1, 0.15) is 30.6 Å². The summed E-state index contributed by atoms with van der Waals surface area (Å²) in [5, 5.41) is 21.1. The van der Waals surface area contributed by atoms with Crippen LogP contribution in [0.2, 0.25) is 0 Å². The number of nitrogens with zero attached hydrogens (tertiary/aromatic N) is 4. The lowest BCUT2D eigenvalue weighted by atomic mass is 10.1. The van der Waals surface area contributed by atoms with Crippen LogP contribution >= 0.6 is 24.0 Å². The molecule has 0 saturated heterocycles. The fraction of sp³-hybridized carbons (Fsp3) is 0.526. The zero-order valence-electron chi connectivity index (χ0n) is 16.3. The Morgan fingerprint density at radius 1 is 1.46 bits per heavy atom. The molecule has 154 valence electrons. The van der Waals surface area contributed by atoms with Gasteiger partial charge in [-0.2, -0.15) is 5.10 Å². The van der Waals surface area contributed by atoms with E-state index < -0.39 is 6.10 Å². The summed E-state index contributed by atoms with van der Waals surface area (Å²) < 4.78 is 7.57. The molecule has 1 aliphatic rings. The minimum atomic E-state index is -0.672. The van der Waals surface area contributed by atoms with Crippen molar-refractivity contribution in [2.24, 2.45) is 4.99 Å². The van der Waals surface area contributed by atoms with Gasteiger partial charge in [-0.15, -0.1) is 24.0 Å². The molecule has 1 aromatic heterocycles. The number of aliphatic hydroxyl groups is 1. The van der Waals surface area contributed by atoms with Crippen LogP contribution in [0.4, 0.5) is 0 Å². The van der Waals surface area contributed by atoms with Crippen molar-refractivity contribution in [3.8, 4) is 5.75 Å². The molecule has 0 bridgehead atoms. The minimum Gasteiger partial charge on any atom is -0.491 e. The second-order valence-corrected chi connectivity index (χ2v) is 6.74. The third-order valence-corrected chi connectivity index (χ3v) is 4.38. The van der Waals surface area contributed by atoms with Gasteiger partial charge in [-0.3, -0.25) is 4.99 Å². The van der Waals surface area contributed by atoms with E-state index in [0.717, 1.165) is 43.1 Å². The summed E-state index contributed by atoms with van der Waals surface area (Å²) in [6, 6.07) is 8.01. The Hall–Kier alpha value is -1.88. The summed E-state index contributed by atoms with van der Waals surface area (Å²) in [6.45, 7) is 6.02. The SMILES string of the molecule is CCNC(=NCC(O)COc1cccc(C)c1)NC1CCc2ncnn2C1.I. The Kier molecular flexibility index (Phi) is 8.97. The molecule has 1 aromatic carbocycles. The van der Waals surface area contributed by atoms with Crippen molar-refractivity contribution >= 4 is 29.9 Å². The lowest BCUT2D eigenvalue weighted by molar-refractivity contribution is 0.114. The van der Waals surface area contributed by atoms with Gasteiger partial charge in [0.05, 0.1) is 13.1 Å². The third-order valence-electron chi connectivity index (χ3n) is 4.38. The molecule has 2 unspecified atom stereocenters. The Morgan fingerprint density at radius 3 is 3.11 bits per heavy atom. The third kappa shape index (κ3) is 6.62. The topological polar surface area (TPSA) is 96.6 Å². The highest BCUT2D eigenvalue weighted by molar-refractivity contribution is 14.0. The van der Waals surface area contributed by atoms with E-state index in [9.17, 15) is 5.11 Å². The monoisotopic (exact) mass is 500 g/mol. The number of hydrogen-bond acceptors (Lipinski definition) is 5. The summed E-state index contributed by atoms with van der Waals surface area (Å²) in [7, 11) is 0. The summed E-state index contributed by atoms with van der Waals surface area (Å²) in [5.41, 5.74) is 1.13. The van der Waals surface area contributed by atoms with Gasteiger partial charge >= 0.3 is 0 Å². The van der Waals surface area contributed by atoms with Gasteiger partial charge in [-0.1, -0.05) is 12.1 Å². The second kappa shape index (κ2) is 11.2. The van der Waals surface area contributed by atoms with Crippen LogP contribution in [0, 0.1) is 6.92 Å². The maximum atomic E-state index is 10.2. The van der Waals surface area contributed by atoms with Crippen molar-refractivity contribution in [1.29, 1.82) is 0 Å². The van der Waals surface area contributed by atoms with Crippen LogP contribution in [-0.4, -0.2) is 57.7 Å². The summed E-state index contributed by atoms with van der Waals surface area (Å²) >= 11 is 0. The number of nitrogens with one attached hydrogen (secondary N) is 2. The molecule has 2 aromatic rings. The van der Waals surface area contributed by atoms with Crippen LogP contribution in [-0.2, 0) is 13.0 Å². The molecular formula is C19H29IN6O2. The van der Waals surface area contributed by atoms with E-state index >= 15 is 0 Å². The number of hydrogen-bond donors (Lipinski definition) is 3. The smallest absolute Gasteiger partial charge is 0.191 e. The highest BCUT2D eigenvalue weighted by atomic mass is 127. The summed E-state index contributed by atoms with van der Waals surface area (Å²) in [5.74, 6) is 2.48. The van der Waals surface area contributed by atoms with Gasteiger partial charge in [0.2, 0.25) is 0 Å². The van der Waals surface area contributed by atoms with Crippen molar-refractivity contribution in [3.05, 3.63) is 42.0 Å². The van der Waals surface area contributed by atoms with Crippen LogP contribution < -0.4 is 15.4 Å². The first kappa shape index (κ1) is 22.4. The van der Waals surface area contributed by atoms with Crippen molar-refractivity contribution in [3.63, 3.8) is 0 Å². The molecule has 9 heteroatoms. The van der Waals surface area contributed by atoms with Gasteiger partial charge < -0.3 is 20.5 Å². The van der Waals surface area contributed by atoms with Crippen molar-refractivity contribution in [1.82, 2.24) is 25.4 Å². The number of guanidine groups is 1. The predicted molar refractivity (Wildman–Crippen MR) is 119 cm³/mol. The number of benzene rings is 1. The van der Waals surface area contributed by atoms with Crippen molar-refractivity contribution in [2.45, 2.75) is 45.4 Å². The first-order valence-electron chi connectivity index (χ1n) is 9.43. The first-order valence-corrected chi connectivity index (χ1v) is 9.43. The fourth-order valence-electron chi connectivity index (χ4n) is 3.02. The van der Waals surface area contributed by atoms with Gasteiger partial charge in [0, 0.05) is 19.0 Å². The Balaban J connectivity index is 0.00000280. The summed E-state index contributed by atoms with van der Waals surface area (Å²) in [4.78, 5) is 8.75. The highest BCUT2D eigenvalue weighted by Crippen LogP contribution is 2.13. The Morgan fingerprint density at radius 2 is 2.32 bits per heavy atom. The number of aryl methyl sites for hydroxylation is 2. The normalized spacial score (nSPS) is 17.2. The molecule has 0 saturated carbocycles. The van der Waals surface area contributed by atoms with E-state index in [-0.39, 0.29) is 43.2 Å². The van der Waals surface area contributed by atoms with Gasteiger partial charge in [0.15, 0.2) is 5.96 Å². The molecule has 0 radical (unpaired) electrons. The number of aliphatic hydroxyl groups excluding tert-OH is 1. The number of rotatable bonds is 7. The van der Waals surface area contributed by atoms with E-state index in [1.165, 1.54) is 0 Å². The maximum absolute atomic E-state index is 10.2. The number of fused-ring (bicyclic) bond motifs is 1. The Labute approximate surface area is 182 Å². The largest absolute Gasteiger partial charge is 0.491 e. The van der Waals surface area contributed by atoms with Crippen LogP contribution in [0.15, 0.2) is 35.6 Å². The van der Waals surface area contributed by atoms with Crippen LogP contribution in [0.1, 0.15) is 24.7 Å². The van der Waals surface area contributed by atoms with E-state index in [0.29, 0.717) is 5.96 Å². The molecule has 0 amide bonds. The van der Waals surface area contributed by atoms with Crippen LogP contribution in [0.25, 0.3) is 0 Å². The Bertz CT molecular complexity index is 766. The lowest BCUT2D eigenvalue weighted by Gasteiger charge is -2.25. The zero-order valence-corrected chi connectivity index (χ0v) is 18.7. The van der Waals surface area contributed by atoms with Gasteiger partial charge in [0.25, 0.3) is 0 Å². The molecule has 0 fully saturated rings. The molecule has 0 spiro atoms. The van der Waals surface area contributed by atoms with E-state index in [1.54, 1.807) is 6.33 Å². The maximum Gasteiger partial charge on any atom is 0.191 e. The lowest BCUT2D eigenvalue weighted by Crippen LogP contribution is -2.47. The average molecular weight is 500 g/mol. The first-order chi connectivity index (χ1) is 13.1. The molecule has 8 nitrogen and oxygen atoms in total. The molecule has 1 aliphatic heterocycles. The van der Waals surface area contributed by atoms with Crippen molar-refractivity contribution < 1.29 is 9.84 Å². The molecule has 28 heavy (non-hydrogen) atoms. The zero-order chi connectivity index (χ0) is 19.1. The average Bonchev–Trinajstić information content (AvgIpc) is 3.12. The number of aliphatic imine (C=N–C) groups is 1. The molecule has 0 aliphatic carbocycles. The van der Waals surface area contributed by atoms with E-state index in [2.05, 4.69) is 25.7 Å². The second-order valence-electron chi connectivity index (χ2n) is 6.74. The quantitative estimate of drug-likeness (QED) is 0.303. The minimum absolute atomic E-state index is 0. The fourth-order valence-corrected chi connectivity index (χ4v) is 3.02. The van der Waals surface area contributed by atoms with E-state index in [1.807, 2.05) is 42.8 Å². The number of aromatic nitrogens is 3. The number of halogens is 1. The molecule has 2 heterocycles. The molecular weight excluding hydrogens is 471 g/mol. The standard InChI is InChI=1S/C19H28N6O2.HI/c1-3-20-19(24-15-7-8-18-22-13-23-25(18)11-15)21-10-16(26)12-27-17-6-4-5-14(2)9-17;/h4-6,9,13,15-16,26H,3,7-8,10-12H2,1-2H3,(H2,20,21,24);1H. The molecule has 3 N–H and O–H groups in total. The molecule has 3 rings (SSSR count). The summed E-state index contributed by atoms with van der Waals surface area (Å²) in [6.07, 6.45) is 2.79. The van der Waals surface area contributed by atoms with Gasteiger partial charge in [-0.05, 0) is 38.0 Å². The van der Waals surface area contributed by atoms with Crippen molar-refractivity contribution in [2.75, 3.05) is 19.7 Å².